The van der Waals surface area contributed by atoms with Gasteiger partial charge in [0, 0.05) is 11.1 Å². The molecule has 33 heavy (non-hydrogen) atoms. The third kappa shape index (κ3) is 6.03. The maximum Gasteiger partial charge on any atom is 0.419 e. The molecule has 1 unspecified atom stereocenters. The Morgan fingerprint density at radius 3 is 2.30 bits per heavy atom. The smallest absolute Gasteiger partial charge is 0.419 e. The Labute approximate surface area is 188 Å². The highest BCUT2D eigenvalue weighted by Gasteiger charge is 2.35. The molecule has 0 spiro atoms. The van der Waals surface area contributed by atoms with Crippen molar-refractivity contribution in [2.24, 2.45) is 0 Å². The van der Waals surface area contributed by atoms with Crippen LogP contribution in [0.3, 0.4) is 0 Å². The van der Waals surface area contributed by atoms with E-state index in [1.807, 2.05) is 0 Å². The molecule has 1 heterocycles. The molecule has 10 heteroatoms. The fraction of sp³-hybridized carbons (Fsp3) is 0.348. The third-order valence-electron chi connectivity index (χ3n) is 4.36. The van der Waals surface area contributed by atoms with E-state index in [-0.39, 0.29) is 29.6 Å². The van der Waals surface area contributed by atoms with E-state index in [0.717, 1.165) is 6.07 Å². The van der Waals surface area contributed by atoms with Gasteiger partial charge < -0.3 is 18.7 Å². The van der Waals surface area contributed by atoms with Gasteiger partial charge in [-0.1, -0.05) is 5.16 Å². The quantitative estimate of drug-likeness (QED) is 0.405. The first-order chi connectivity index (χ1) is 15.6. The molecular formula is C23H23F3N2O5. The van der Waals surface area contributed by atoms with Gasteiger partial charge in [-0.25, -0.2) is 4.79 Å². The van der Waals surface area contributed by atoms with E-state index < -0.39 is 29.9 Å². The van der Waals surface area contributed by atoms with Gasteiger partial charge in [-0.3, -0.25) is 0 Å². The number of halogens is 3. The zero-order chi connectivity index (χ0) is 24.2. The highest BCUT2D eigenvalue weighted by atomic mass is 19.4. The second kappa shape index (κ2) is 9.93. The van der Waals surface area contributed by atoms with Crippen LogP contribution < -0.4 is 9.47 Å². The summed E-state index contributed by atoms with van der Waals surface area (Å²) in [6, 6.07) is 10.1. The van der Waals surface area contributed by atoms with Gasteiger partial charge >= 0.3 is 12.1 Å². The number of hydrogen-bond acceptors (Lipinski definition) is 7. The minimum atomic E-state index is -4.61. The van der Waals surface area contributed by atoms with Gasteiger partial charge in [0.05, 0.1) is 18.3 Å². The topological polar surface area (TPSA) is 83.7 Å². The van der Waals surface area contributed by atoms with Crippen molar-refractivity contribution >= 4 is 5.97 Å². The first-order valence-corrected chi connectivity index (χ1v) is 10.2. The lowest BCUT2D eigenvalue weighted by atomic mass is 10.1. The van der Waals surface area contributed by atoms with Crippen LogP contribution in [-0.4, -0.2) is 34.9 Å². The summed E-state index contributed by atoms with van der Waals surface area (Å²) in [5, 5.41) is 3.80. The van der Waals surface area contributed by atoms with Crippen molar-refractivity contribution in [3.8, 4) is 34.3 Å². The van der Waals surface area contributed by atoms with Crippen LogP contribution in [0, 0.1) is 0 Å². The minimum Gasteiger partial charge on any atom is -0.490 e. The van der Waals surface area contributed by atoms with Crippen molar-refractivity contribution in [2.75, 3.05) is 6.61 Å². The second-order valence-corrected chi connectivity index (χ2v) is 7.33. The molecule has 1 aromatic heterocycles. The predicted octanol–water partition coefficient (Wildman–Crippen LogP) is 5.54. The van der Waals surface area contributed by atoms with Gasteiger partial charge in [-0.05, 0) is 70.2 Å². The summed E-state index contributed by atoms with van der Waals surface area (Å²) in [7, 11) is 0. The lowest BCUT2D eigenvalue weighted by Crippen LogP contribution is -2.25. The number of hydrogen-bond donors (Lipinski definition) is 0. The Bertz CT molecular complexity index is 1090. The van der Waals surface area contributed by atoms with Crippen molar-refractivity contribution in [1.29, 1.82) is 0 Å². The Morgan fingerprint density at radius 2 is 1.70 bits per heavy atom. The summed E-state index contributed by atoms with van der Waals surface area (Å²) >= 11 is 0. The van der Waals surface area contributed by atoms with Crippen LogP contribution in [0.4, 0.5) is 13.2 Å². The summed E-state index contributed by atoms with van der Waals surface area (Å²) in [6.07, 6.45) is -5.80. The van der Waals surface area contributed by atoms with E-state index in [4.69, 9.17) is 18.7 Å². The molecule has 0 amide bonds. The normalized spacial score (nSPS) is 12.5. The number of carbonyl (C=O) groups is 1. The van der Waals surface area contributed by atoms with E-state index in [2.05, 4.69) is 10.1 Å². The molecule has 3 rings (SSSR count). The van der Waals surface area contributed by atoms with Crippen LogP contribution in [-0.2, 0) is 15.7 Å². The van der Waals surface area contributed by atoms with Gasteiger partial charge in [0.1, 0.15) is 11.5 Å². The number of rotatable bonds is 8. The van der Waals surface area contributed by atoms with E-state index in [1.165, 1.54) is 12.1 Å². The standard InChI is InChI=1S/C23H23F3N2O5/c1-5-30-22(29)14(4)32-17-9-6-15(7-10-17)21-27-20(28-33-21)16-8-11-19(31-13(2)3)18(12-16)23(24,25)26/h6-14H,5H2,1-4H3. The summed E-state index contributed by atoms with van der Waals surface area (Å²) in [4.78, 5) is 15.9. The Kier molecular flexibility index (Phi) is 7.25. The Morgan fingerprint density at radius 1 is 1.03 bits per heavy atom. The fourth-order valence-electron chi connectivity index (χ4n) is 2.89. The van der Waals surface area contributed by atoms with Crippen LogP contribution in [0.5, 0.6) is 11.5 Å². The number of nitrogens with zero attached hydrogens (tertiary/aromatic N) is 2. The highest BCUT2D eigenvalue weighted by Crippen LogP contribution is 2.39. The number of carbonyl (C=O) groups excluding carboxylic acids is 1. The van der Waals surface area contributed by atoms with E-state index >= 15 is 0 Å². The van der Waals surface area contributed by atoms with Gasteiger partial charge in [0.25, 0.3) is 5.89 Å². The molecule has 0 bridgehead atoms. The molecule has 0 saturated carbocycles. The Hall–Kier alpha value is -3.56. The van der Waals surface area contributed by atoms with E-state index in [9.17, 15) is 18.0 Å². The maximum absolute atomic E-state index is 13.5. The van der Waals surface area contributed by atoms with Crippen LogP contribution in [0.2, 0.25) is 0 Å². The molecule has 1 atom stereocenters. The molecule has 7 nitrogen and oxygen atoms in total. The molecule has 2 aromatic carbocycles. The first-order valence-electron chi connectivity index (χ1n) is 10.2. The Balaban J connectivity index is 1.80. The summed E-state index contributed by atoms with van der Waals surface area (Å²) in [5.41, 5.74) is -0.255. The number of alkyl halides is 3. The SMILES string of the molecule is CCOC(=O)C(C)Oc1ccc(-c2nc(-c3ccc(OC(C)C)c(C(F)(F)F)c3)no2)cc1. The molecule has 0 aliphatic rings. The van der Waals surface area contributed by atoms with Crippen LogP contribution in [0.1, 0.15) is 33.3 Å². The first kappa shape index (κ1) is 24.1. The maximum atomic E-state index is 13.5. The van der Waals surface area contributed by atoms with Crippen LogP contribution in [0.25, 0.3) is 22.8 Å². The molecule has 0 saturated heterocycles. The van der Waals surface area contributed by atoms with Crippen molar-refractivity contribution < 1.29 is 36.7 Å². The lowest BCUT2D eigenvalue weighted by molar-refractivity contribution is -0.150. The summed E-state index contributed by atoms with van der Waals surface area (Å²) in [5.74, 6) is -0.202. The van der Waals surface area contributed by atoms with Crippen LogP contribution in [0.15, 0.2) is 47.0 Å². The van der Waals surface area contributed by atoms with E-state index in [0.29, 0.717) is 11.3 Å². The van der Waals surface area contributed by atoms with Crippen molar-refractivity contribution in [3.05, 3.63) is 48.0 Å². The lowest BCUT2D eigenvalue weighted by Gasteiger charge is -2.16. The second-order valence-electron chi connectivity index (χ2n) is 7.33. The summed E-state index contributed by atoms with van der Waals surface area (Å²) in [6.45, 7) is 6.82. The van der Waals surface area contributed by atoms with Gasteiger partial charge in [0.2, 0.25) is 5.82 Å². The zero-order valence-electron chi connectivity index (χ0n) is 18.5. The molecule has 0 aliphatic heterocycles. The monoisotopic (exact) mass is 464 g/mol. The molecule has 0 aliphatic carbocycles. The van der Waals surface area contributed by atoms with Gasteiger partial charge in [0.15, 0.2) is 6.10 Å². The van der Waals surface area contributed by atoms with E-state index in [1.54, 1.807) is 52.0 Å². The third-order valence-corrected chi connectivity index (χ3v) is 4.36. The summed E-state index contributed by atoms with van der Waals surface area (Å²) < 4.78 is 61.4. The molecular weight excluding hydrogens is 441 g/mol. The number of aromatic nitrogens is 2. The zero-order valence-corrected chi connectivity index (χ0v) is 18.5. The van der Waals surface area contributed by atoms with Gasteiger partial charge in [-0.15, -0.1) is 0 Å². The number of ether oxygens (including phenoxy) is 3. The average Bonchev–Trinajstić information content (AvgIpc) is 3.24. The molecule has 0 N–H and O–H groups in total. The molecule has 0 fully saturated rings. The molecule has 0 radical (unpaired) electrons. The number of benzene rings is 2. The van der Waals surface area contributed by atoms with Crippen molar-refractivity contribution in [1.82, 2.24) is 10.1 Å². The van der Waals surface area contributed by atoms with Crippen molar-refractivity contribution in [2.45, 2.75) is 46.1 Å². The molecule has 176 valence electrons. The van der Waals surface area contributed by atoms with Crippen LogP contribution >= 0.6 is 0 Å². The number of esters is 1. The fourth-order valence-corrected chi connectivity index (χ4v) is 2.89. The van der Waals surface area contributed by atoms with Gasteiger partial charge in [-0.2, -0.15) is 18.2 Å². The molecule has 3 aromatic rings. The minimum absolute atomic E-state index is 0.00265. The predicted molar refractivity (Wildman–Crippen MR) is 113 cm³/mol. The average molecular weight is 464 g/mol. The largest absolute Gasteiger partial charge is 0.490 e. The van der Waals surface area contributed by atoms with Crippen molar-refractivity contribution in [3.63, 3.8) is 0 Å². The highest BCUT2D eigenvalue weighted by molar-refractivity contribution is 5.74.